The molecule has 0 spiro atoms. The van der Waals surface area contributed by atoms with Crippen molar-refractivity contribution in [2.75, 3.05) is 5.32 Å². The minimum atomic E-state index is -0.659. The van der Waals surface area contributed by atoms with Crippen LogP contribution in [-0.4, -0.2) is 20.9 Å². The molecule has 1 aromatic carbocycles. The summed E-state index contributed by atoms with van der Waals surface area (Å²) in [6.07, 6.45) is 0.135. The third-order valence-electron chi connectivity index (χ3n) is 3.67. The number of aliphatic hydroxyl groups excluding tert-OH is 1. The summed E-state index contributed by atoms with van der Waals surface area (Å²) in [6, 6.07) is 8.05. The summed E-state index contributed by atoms with van der Waals surface area (Å²) in [5.41, 5.74) is 3.81. The average molecular weight is 278 g/mol. The van der Waals surface area contributed by atoms with Crippen molar-refractivity contribution >= 4 is 17.3 Å². The van der Waals surface area contributed by atoms with E-state index in [0.717, 1.165) is 23.4 Å². The lowest BCUT2D eigenvalue weighted by Gasteiger charge is -2.19. The monoisotopic (exact) mass is 277 g/mol. The van der Waals surface area contributed by atoms with Gasteiger partial charge in [-0.2, -0.15) is 5.10 Å². The molecule has 3 rings (SSSR count). The molecule has 0 aliphatic carbocycles. The van der Waals surface area contributed by atoms with Crippen LogP contribution in [0.25, 0.3) is 0 Å². The predicted octanol–water partition coefficient (Wildman–Crippen LogP) is 2.45. The van der Waals surface area contributed by atoms with E-state index in [9.17, 15) is 5.11 Å². The number of benzene rings is 1. The Balaban J connectivity index is 1.89. The summed E-state index contributed by atoms with van der Waals surface area (Å²) in [7, 11) is 1.78. The SMILES string of the molecule is Cc1nn(C)c(Cl)c1C(O)C1Cc2ccccc2N1. The Hall–Kier alpha value is -1.52. The highest BCUT2D eigenvalue weighted by Crippen LogP contribution is 2.35. The Bertz CT molecular complexity index is 598. The predicted molar refractivity (Wildman–Crippen MR) is 75.5 cm³/mol. The maximum atomic E-state index is 10.6. The van der Waals surface area contributed by atoms with Gasteiger partial charge in [0.25, 0.3) is 0 Å². The van der Waals surface area contributed by atoms with Crippen molar-refractivity contribution in [2.24, 2.45) is 7.05 Å². The zero-order valence-electron chi connectivity index (χ0n) is 10.9. The number of aliphatic hydroxyl groups is 1. The molecule has 2 unspecified atom stereocenters. The Labute approximate surface area is 117 Å². The minimum absolute atomic E-state index is 0.0576. The maximum Gasteiger partial charge on any atom is 0.132 e. The minimum Gasteiger partial charge on any atom is -0.386 e. The largest absolute Gasteiger partial charge is 0.386 e. The van der Waals surface area contributed by atoms with Gasteiger partial charge in [-0.05, 0) is 25.0 Å². The van der Waals surface area contributed by atoms with Crippen LogP contribution in [0.3, 0.4) is 0 Å². The van der Waals surface area contributed by atoms with E-state index in [4.69, 9.17) is 11.6 Å². The smallest absolute Gasteiger partial charge is 0.132 e. The normalized spacial score (nSPS) is 19.1. The highest BCUT2D eigenvalue weighted by molar-refractivity contribution is 6.30. The van der Waals surface area contributed by atoms with E-state index in [-0.39, 0.29) is 6.04 Å². The van der Waals surface area contributed by atoms with Crippen molar-refractivity contribution in [1.29, 1.82) is 0 Å². The summed E-state index contributed by atoms with van der Waals surface area (Å²) in [6.45, 7) is 1.87. The lowest BCUT2D eigenvalue weighted by atomic mass is 10.00. The highest BCUT2D eigenvalue weighted by Gasteiger charge is 2.31. The number of hydrogen-bond donors (Lipinski definition) is 2. The first-order valence-corrected chi connectivity index (χ1v) is 6.67. The number of nitrogens with zero attached hydrogens (tertiary/aromatic N) is 2. The second-order valence-electron chi connectivity index (χ2n) is 4.97. The van der Waals surface area contributed by atoms with E-state index in [1.54, 1.807) is 11.7 Å². The molecule has 2 atom stereocenters. The molecule has 2 aromatic rings. The second kappa shape index (κ2) is 4.54. The van der Waals surface area contributed by atoms with Crippen LogP contribution in [0.4, 0.5) is 5.69 Å². The van der Waals surface area contributed by atoms with Crippen molar-refractivity contribution in [3.63, 3.8) is 0 Å². The van der Waals surface area contributed by atoms with E-state index in [0.29, 0.717) is 5.15 Å². The van der Waals surface area contributed by atoms with Crippen LogP contribution >= 0.6 is 11.6 Å². The molecule has 4 nitrogen and oxygen atoms in total. The molecule has 0 radical (unpaired) electrons. The molecule has 1 aliphatic heterocycles. The van der Waals surface area contributed by atoms with Crippen molar-refractivity contribution in [2.45, 2.75) is 25.5 Å². The van der Waals surface area contributed by atoms with Gasteiger partial charge in [0.05, 0.1) is 11.7 Å². The molecule has 1 aromatic heterocycles. The number of aromatic nitrogens is 2. The molecule has 0 amide bonds. The lowest BCUT2D eigenvalue weighted by molar-refractivity contribution is 0.156. The van der Waals surface area contributed by atoms with Gasteiger partial charge in [-0.1, -0.05) is 29.8 Å². The fourth-order valence-electron chi connectivity index (χ4n) is 2.70. The summed E-state index contributed by atoms with van der Waals surface area (Å²) in [4.78, 5) is 0. The van der Waals surface area contributed by atoms with Gasteiger partial charge in [0, 0.05) is 18.3 Å². The van der Waals surface area contributed by atoms with Gasteiger partial charge in [0.2, 0.25) is 0 Å². The van der Waals surface area contributed by atoms with Crippen LogP contribution in [-0.2, 0) is 13.5 Å². The van der Waals surface area contributed by atoms with Crippen molar-refractivity contribution in [3.05, 3.63) is 46.2 Å². The Morgan fingerprint density at radius 2 is 2.21 bits per heavy atom. The highest BCUT2D eigenvalue weighted by atomic mass is 35.5. The lowest BCUT2D eigenvalue weighted by Crippen LogP contribution is -2.25. The molecule has 2 N–H and O–H groups in total. The fraction of sp³-hybridized carbons (Fsp3) is 0.357. The van der Waals surface area contributed by atoms with Crippen LogP contribution in [0.15, 0.2) is 24.3 Å². The first-order chi connectivity index (χ1) is 9.08. The zero-order valence-corrected chi connectivity index (χ0v) is 11.6. The summed E-state index contributed by atoms with van der Waals surface area (Å²) in [5.74, 6) is 0. The molecule has 1 aliphatic rings. The van der Waals surface area contributed by atoms with Gasteiger partial charge in [-0.15, -0.1) is 0 Å². The molecule has 100 valence electrons. The zero-order chi connectivity index (χ0) is 13.6. The van der Waals surface area contributed by atoms with Crippen LogP contribution in [0.2, 0.25) is 5.15 Å². The standard InChI is InChI=1S/C14H16ClN3O/c1-8-12(14(15)18(2)17-8)13(19)11-7-9-5-3-4-6-10(9)16-11/h3-6,11,13,16,19H,7H2,1-2H3. The number of halogens is 1. The maximum absolute atomic E-state index is 10.6. The number of hydrogen-bond acceptors (Lipinski definition) is 3. The number of aryl methyl sites for hydroxylation is 2. The molecule has 0 saturated carbocycles. The number of anilines is 1. The molecule has 0 fully saturated rings. The second-order valence-corrected chi connectivity index (χ2v) is 5.33. The topological polar surface area (TPSA) is 50.1 Å². The van der Waals surface area contributed by atoms with E-state index in [2.05, 4.69) is 16.5 Å². The quantitative estimate of drug-likeness (QED) is 0.887. The summed E-state index contributed by atoms with van der Waals surface area (Å²) >= 11 is 6.21. The van der Waals surface area contributed by atoms with Crippen molar-refractivity contribution in [3.8, 4) is 0 Å². The molecule has 0 saturated heterocycles. The van der Waals surface area contributed by atoms with Gasteiger partial charge in [0.1, 0.15) is 11.3 Å². The van der Waals surface area contributed by atoms with Crippen molar-refractivity contribution < 1.29 is 5.11 Å². The van der Waals surface area contributed by atoms with Gasteiger partial charge < -0.3 is 10.4 Å². The van der Waals surface area contributed by atoms with Gasteiger partial charge >= 0.3 is 0 Å². The Morgan fingerprint density at radius 1 is 1.47 bits per heavy atom. The van der Waals surface area contributed by atoms with Crippen molar-refractivity contribution in [1.82, 2.24) is 9.78 Å². The van der Waals surface area contributed by atoms with Crippen LogP contribution in [0.5, 0.6) is 0 Å². The third-order valence-corrected chi connectivity index (χ3v) is 4.12. The molecular formula is C14H16ClN3O. The van der Waals surface area contributed by atoms with Gasteiger partial charge in [0.15, 0.2) is 0 Å². The van der Waals surface area contributed by atoms with Crippen LogP contribution in [0.1, 0.15) is 22.9 Å². The Morgan fingerprint density at radius 3 is 2.84 bits per heavy atom. The fourth-order valence-corrected chi connectivity index (χ4v) is 2.99. The average Bonchev–Trinajstić information content (AvgIpc) is 2.91. The van der Waals surface area contributed by atoms with E-state index >= 15 is 0 Å². The molecule has 0 bridgehead atoms. The molecule has 5 heteroatoms. The third kappa shape index (κ3) is 2.01. The molecular weight excluding hydrogens is 262 g/mol. The van der Waals surface area contributed by atoms with E-state index in [1.165, 1.54) is 5.56 Å². The summed E-state index contributed by atoms with van der Waals surface area (Å²) in [5, 5.41) is 18.7. The summed E-state index contributed by atoms with van der Waals surface area (Å²) < 4.78 is 1.59. The van der Waals surface area contributed by atoms with Gasteiger partial charge in [-0.3, -0.25) is 4.68 Å². The first kappa shape index (κ1) is 12.5. The first-order valence-electron chi connectivity index (χ1n) is 6.29. The number of para-hydroxylation sites is 1. The van der Waals surface area contributed by atoms with Crippen LogP contribution in [0, 0.1) is 6.92 Å². The molecule has 2 heterocycles. The number of nitrogens with one attached hydrogen (secondary N) is 1. The van der Waals surface area contributed by atoms with Crippen LogP contribution < -0.4 is 5.32 Å². The van der Waals surface area contributed by atoms with Gasteiger partial charge in [-0.25, -0.2) is 0 Å². The van der Waals surface area contributed by atoms with E-state index < -0.39 is 6.10 Å². The molecule has 19 heavy (non-hydrogen) atoms. The number of fused-ring (bicyclic) bond motifs is 1. The van der Waals surface area contributed by atoms with E-state index in [1.807, 2.05) is 25.1 Å². The Kier molecular flexibility index (Phi) is 2.99. The number of rotatable bonds is 2.